The first-order valence-corrected chi connectivity index (χ1v) is 6.92. The number of nitrogens with zero attached hydrogens (tertiary/aromatic N) is 1. The van der Waals surface area contributed by atoms with E-state index in [4.69, 9.17) is 9.84 Å². The van der Waals surface area contributed by atoms with Crippen molar-refractivity contribution in [1.82, 2.24) is 4.90 Å². The molecule has 0 aliphatic carbocycles. The number of hydrogen-bond donors (Lipinski definition) is 1. The maximum absolute atomic E-state index is 11.9. The molecule has 5 nitrogen and oxygen atoms in total. The van der Waals surface area contributed by atoms with Crippen molar-refractivity contribution < 1.29 is 19.4 Å². The van der Waals surface area contributed by atoms with Crippen LogP contribution in [0.15, 0.2) is 24.0 Å². The summed E-state index contributed by atoms with van der Waals surface area (Å²) in [4.78, 5) is 24.4. The van der Waals surface area contributed by atoms with Crippen LogP contribution in [0.2, 0.25) is 0 Å². The highest BCUT2D eigenvalue weighted by Crippen LogP contribution is 2.43. The van der Waals surface area contributed by atoms with E-state index < -0.39 is 12.0 Å². The lowest BCUT2D eigenvalue weighted by Crippen LogP contribution is -2.56. The molecule has 3 aliphatic rings. The molecule has 6 heteroatoms. The summed E-state index contributed by atoms with van der Waals surface area (Å²) in [7, 11) is 0. The monoisotopic (exact) mass is 267 g/mol. The Morgan fingerprint density at radius 1 is 1.61 bits per heavy atom. The van der Waals surface area contributed by atoms with Crippen LogP contribution in [-0.2, 0) is 14.3 Å². The van der Waals surface area contributed by atoms with Gasteiger partial charge in [0.1, 0.15) is 17.5 Å². The molecule has 0 saturated carbocycles. The first-order valence-electron chi connectivity index (χ1n) is 5.88. The van der Waals surface area contributed by atoms with Gasteiger partial charge in [-0.15, -0.1) is 11.8 Å². The number of carboxylic acid groups (broad SMARTS) is 1. The van der Waals surface area contributed by atoms with Gasteiger partial charge in [0.25, 0.3) is 5.91 Å². The third-order valence-electron chi connectivity index (χ3n) is 3.37. The van der Waals surface area contributed by atoms with E-state index in [-0.39, 0.29) is 17.4 Å². The molecular weight excluding hydrogens is 254 g/mol. The van der Waals surface area contributed by atoms with Gasteiger partial charge in [-0.2, -0.15) is 0 Å². The molecule has 0 spiro atoms. The Morgan fingerprint density at radius 3 is 3.11 bits per heavy atom. The average molecular weight is 267 g/mol. The third kappa shape index (κ3) is 1.71. The normalized spacial score (nSPS) is 36.2. The van der Waals surface area contributed by atoms with E-state index in [0.717, 1.165) is 12.8 Å². The van der Waals surface area contributed by atoms with Gasteiger partial charge in [0, 0.05) is 11.3 Å². The summed E-state index contributed by atoms with van der Waals surface area (Å²) in [6.07, 6.45) is 7.22. The fraction of sp³-hybridized carbons (Fsp3) is 0.500. The summed E-state index contributed by atoms with van der Waals surface area (Å²) in [5.74, 6) is -0.612. The molecule has 0 aromatic heterocycles. The van der Waals surface area contributed by atoms with Gasteiger partial charge in [0.2, 0.25) is 0 Å². The first kappa shape index (κ1) is 11.6. The Balaban J connectivity index is 1.74. The number of carbonyl (C=O) groups excluding carboxylic acids is 1. The number of thioether (sulfide) groups is 1. The number of carboxylic acids is 1. The highest BCUT2D eigenvalue weighted by molar-refractivity contribution is 8.00. The molecule has 0 radical (unpaired) electrons. The number of rotatable bonds is 2. The zero-order valence-corrected chi connectivity index (χ0v) is 10.4. The van der Waals surface area contributed by atoms with Gasteiger partial charge in [-0.25, -0.2) is 4.79 Å². The van der Waals surface area contributed by atoms with Crippen molar-refractivity contribution in [2.75, 3.05) is 5.75 Å². The SMILES string of the molecule is O=C(O)C1CS[C@@H]2C(=CC3CCC=CO3)C(=O)N12. The number of β-lactam (4-membered cyclic amide) rings is 1. The van der Waals surface area contributed by atoms with Gasteiger partial charge in [0.05, 0.1) is 6.26 Å². The second-order valence-electron chi connectivity index (χ2n) is 4.50. The molecule has 3 rings (SSSR count). The van der Waals surface area contributed by atoms with Crippen molar-refractivity contribution in [3.8, 4) is 0 Å². The Labute approximate surface area is 108 Å². The van der Waals surface area contributed by atoms with Crippen LogP contribution in [0.5, 0.6) is 0 Å². The highest BCUT2D eigenvalue weighted by Gasteiger charge is 2.53. The second-order valence-corrected chi connectivity index (χ2v) is 5.61. The van der Waals surface area contributed by atoms with Crippen molar-refractivity contribution >= 4 is 23.6 Å². The predicted octanol–water partition coefficient (Wildman–Crippen LogP) is 0.974. The van der Waals surface area contributed by atoms with Gasteiger partial charge in [-0.1, -0.05) is 0 Å². The van der Waals surface area contributed by atoms with Gasteiger partial charge >= 0.3 is 5.97 Å². The Morgan fingerprint density at radius 2 is 2.44 bits per heavy atom. The Kier molecular flexibility index (Phi) is 2.81. The van der Waals surface area contributed by atoms with Gasteiger partial charge < -0.3 is 14.7 Å². The molecule has 2 unspecified atom stereocenters. The summed E-state index contributed by atoms with van der Waals surface area (Å²) in [6.45, 7) is 0. The summed E-state index contributed by atoms with van der Waals surface area (Å²) < 4.78 is 5.40. The van der Waals surface area contributed by atoms with Crippen LogP contribution in [0.25, 0.3) is 0 Å². The number of ether oxygens (including phenoxy) is 1. The van der Waals surface area contributed by atoms with E-state index in [1.165, 1.54) is 16.7 Å². The zero-order chi connectivity index (χ0) is 12.7. The molecule has 3 atom stereocenters. The van der Waals surface area contributed by atoms with Crippen molar-refractivity contribution in [3.63, 3.8) is 0 Å². The van der Waals surface area contributed by atoms with E-state index >= 15 is 0 Å². The van der Waals surface area contributed by atoms with E-state index in [1.807, 2.05) is 12.2 Å². The van der Waals surface area contributed by atoms with Crippen molar-refractivity contribution in [3.05, 3.63) is 24.0 Å². The van der Waals surface area contributed by atoms with Crippen LogP contribution >= 0.6 is 11.8 Å². The predicted molar refractivity (Wildman–Crippen MR) is 65.8 cm³/mol. The molecule has 3 aliphatic heterocycles. The number of aliphatic carboxylic acids is 1. The third-order valence-corrected chi connectivity index (χ3v) is 4.67. The fourth-order valence-corrected chi connectivity index (χ4v) is 3.83. The lowest BCUT2D eigenvalue weighted by molar-refractivity contribution is -0.150. The minimum Gasteiger partial charge on any atom is -0.494 e. The van der Waals surface area contributed by atoms with Crippen LogP contribution in [0.4, 0.5) is 0 Å². The van der Waals surface area contributed by atoms with Crippen LogP contribution in [0.3, 0.4) is 0 Å². The largest absolute Gasteiger partial charge is 0.494 e. The minimum atomic E-state index is -0.922. The smallest absolute Gasteiger partial charge is 0.327 e. The van der Waals surface area contributed by atoms with Gasteiger partial charge in [-0.05, 0) is 25.0 Å². The molecule has 96 valence electrons. The maximum Gasteiger partial charge on any atom is 0.327 e. The Hall–Kier alpha value is -1.43. The maximum atomic E-state index is 11.9. The van der Waals surface area contributed by atoms with Crippen molar-refractivity contribution in [1.29, 1.82) is 0 Å². The summed E-state index contributed by atoms with van der Waals surface area (Å²) in [6, 6.07) is -0.670. The second kappa shape index (κ2) is 4.35. The molecule has 2 fully saturated rings. The quantitative estimate of drug-likeness (QED) is 0.596. The number of carbonyl (C=O) groups is 2. The standard InChI is InChI=1S/C12H13NO4S/c14-10-8(5-7-3-1-2-4-17-7)11-13(10)9(6-18-11)12(15)16/h2,4-5,7,9,11H,1,3,6H2,(H,15,16)/t7?,9?,11-/m1/s1. The van der Waals surface area contributed by atoms with Crippen molar-refractivity contribution in [2.24, 2.45) is 0 Å². The highest BCUT2D eigenvalue weighted by atomic mass is 32.2. The molecule has 18 heavy (non-hydrogen) atoms. The molecule has 1 N–H and O–H groups in total. The number of allylic oxidation sites excluding steroid dienone is 1. The van der Waals surface area contributed by atoms with Crippen LogP contribution in [0.1, 0.15) is 12.8 Å². The summed E-state index contributed by atoms with van der Waals surface area (Å²) in [5.41, 5.74) is 0.698. The van der Waals surface area contributed by atoms with Crippen LogP contribution in [0, 0.1) is 0 Å². The van der Waals surface area contributed by atoms with E-state index in [1.54, 1.807) is 6.26 Å². The zero-order valence-electron chi connectivity index (χ0n) is 9.61. The van der Waals surface area contributed by atoms with Gasteiger partial charge in [0.15, 0.2) is 0 Å². The average Bonchev–Trinajstić information content (AvgIpc) is 2.77. The molecular formula is C12H13NO4S. The van der Waals surface area contributed by atoms with Crippen molar-refractivity contribution in [2.45, 2.75) is 30.4 Å². The van der Waals surface area contributed by atoms with E-state index in [2.05, 4.69) is 0 Å². The van der Waals surface area contributed by atoms with E-state index in [9.17, 15) is 9.59 Å². The molecule has 1 amide bonds. The lowest BCUT2D eigenvalue weighted by atomic mass is 9.99. The van der Waals surface area contributed by atoms with E-state index in [0.29, 0.717) is 11.3 Å². The molecule has 3 heterocycles. The molecule has 0 bridgehead atoms. The number of fused-ring (bicyclic) bond motifs is 1. The lowest BCUT2D eigenvalue weighted by Gasteiger charge is -2.39. The van der Waals surface area contributed by atoms with Crippen LogP contribution in [-0.4, -0.2) is 45.2 Å². The van der Waals surface area contributed by atoms with Gasteiger partial charge in [-0.3, -0.25) is 4.79 Å². The Bertz CT molecular complexity index is 459. The van der Waals surface area contributed by atoms with Crippen LogP contribution < -0.4 is 0 Å². The molecule has 2 saturated heterocycles. The fourth-order valence-electron chi connectivity index (χ4n) is 2.40. The number of amides is 1. The summed E-state index contributed by atoms with van der Waals surface area (Å²) in [5, 5.41) is 8.91. The minimum absolute atomic E-state index is 0.0550. The summed E-state index contributed by atoms with van der Waals surface area (Å²) >= 11 is 1.51. The molecule has 0 aromatic carbocycles. The first-order chi connectivity index (χ1) is 8.68. The number of hydrogen-bond acceptors (Lipinski definition) is 4. The molecule has 0 aromatic rings. The topological polar surface area (TPSA) is 66.8 Å².